The third kappa shape index (κ3) is 18.6. The van der Waals surface area contributed by atoms with Crippen molar-refractivity contribution >= 4 is 5.97 Å². The Labute approximate surface area is 372 Å². The minimum absolute atomic E-state index is 0.0504. The number of hydrogen-bond donors (Lipinski definition) is 11. The summed E-state index contributed by atoms with van der Waals surface area (Å²) in [6.45, 7) is 8.64. The van der Waals surface area contributed by atoms with Crippen molar-refractivity contribution in [3.05, 3.63) is 72.9 Å². The average molecular weight is 896 g/mol. The van der Waals surface area contributed by atoms with Crippen LogP contribution in [-0.4, -0.2) is 155 Å². The highest BCUT2D eigenvalue weighted by Crippen LogP contribution is 2.38. The normalized spacial score (nSPS) is 46.4. The Bertz CT molecular complexity index is 1520. The van der Waals surface area contributed by atoms with E-state index in [1.54, 1.807) is 52.0 Å². The van der Waals surface area contributed by atoms with Gasteiger partial charge in [-0.15, -0.1) is 0 Å². The Morgan fingerprint density at radius 3 is 1.90 bits per heavy atom. The van der Waals surface area contributed by atoms with E-state index in [1.807, 2.05) is 55.5 Å². The van der Waals surface area contributed by atoms with Gasteiger partial charge in [-0.3, -0.25) is 4.79 Å². The summed E-state index contributed by atoms with van der Waals surface area (Å²) in [5.41, 5.74) is 6.06. The van der Waals surface area contributed by atoms with E-state index in [2.05, 4.69) is 0 Å². The van der Waals surface area contributed by atoms with Gasteiger partial charge >= 0.3 is 5.97 Å². The number of ether oxygens (including phenoxy) is 4. The number of fused-ring (bicyclic) bond motifs is 2. The third-order valence-electron chi connectivity index (χ3n) is 12.3. The highest BCUT2D eigenvalue weighted by Gasteiger charge is 2.47. The number of allylic oxidation sites excluding steroid dienone is 10. The van der Waals surface area contributed by atoms with Crippen LogP contribution in [0.25, 0.3) is 0 Å². The number of carbonyl (C=O) groups excluding carboxylic acids is 1. The highest BCUT2D eigenvalue weighted by molar-refractivity contribution is 5.70. The molecule has 0 radical (unpaired) electrons. The average Bonchev–Trinajstić information content (AvgIpc) is 3.21. The van der Waals surface area contributed by atoms with Crippen molar-refractivity contribution in [1.29, 1.82) is 0 Å². The number of rotatable bonds is 2. The fourth-order valence-corrected chi connectivity index (χ4v) is 7.95. The van der Waals surface area contributed by atoms with Crippen molar-refractivity contribution in [3.8, 4) is 0 Å². The topological polar surface area (TPSA) is 282 Å². The molecule has 2 saturated heterocycles. The molecule has 0 aliphatic carbocycles. The summed E-state index contributed by atoms with van der Waals surface area (Å²) in [5.74, 6) is -3.95. The molecule has 0 aromatic heterocycles. The van der Waals surface area contributed by atoms with Gasteiger partial charge in [0.15, 0.2) is 12.1 Å². The molecule has 0 aromatic rings. The summed E-state index contributed by atoms with van der Waals surface area (Å²) in [5, 5.41) is 108. The Kier molecular flexibility index (Phi) is 23.5. The Morgan fingerprint density at radius 2 is 1.22 bits per heavy atom. The van der Waals surface area contributed by atoms with Crippen molar-refractivity contribution in [2.75, 3.05) is 0 Å². The fourth-order valence-electron chi connectivity index (χ4n) is 7.95. The van der Waals surface area contributed by atoms with Crippen LogP contribution in [0, 0.1) is 17.8 Å². The van der Waals surface area contributed by atoms with Crippen molar-refractivity contribution in [2.45, 2.75) is 196 Å². The van der Waals surface area contributed by atoms with E-state index in [1.165, 1.54) is 0 Å². The van der Waals surface area contributed by atoms with Crippen LogP contribution in [-0.2, 0) is 23.7 Å². The van der Waals surface area contributed by atoms with E-state index in [-0.39, 0.29) is 44.4 Å². The van der Waals surface area contributed by atoms with E-state index in [0.717, 1.165) is 12.8 Å². The lowest BCUT2D eigenvalue weighted by Gasteiger charge is -2.46. The van der Waals surface area contributed by atoms with Crippen LogP contribution in [0.3, 0.4) is 0 Å². The van der Waals surface area contributed by atoms with Gasteiger partial charge in [0.25, 0.3) is 0 Å². The summed E-state index contributed by atoms with van der Waals surface area (Å²) in [6, 6.07) is -1.05. The monoisotopic (exact) mass is 896 g/mol. The van der Waals surface area contributed by atoms with E-state index in [4.69, 9.17) is 24.7 Å². The van der Waals surface area contributed by atoms with Gasteiger partial charge in [0.2, 0.25) is 0 Å². The molecular formula is C47H77NO15. The van der Waals surface area contributed by atoms with Crippen molar-refractivity contribution in [2.24, 2.45) is 23.5 Å². The summed E-state index contributed by atoms with van der Waals surface area (Å²) in [4.78, 5) is 12.6. The van der Waals surface area contributed by atoms with Gasteiger partial charge in [-0.25, -0.2) is 0 Å². The SMILES string of the molecule is CC1OC(OC2/C=C/C=C/C=C/C=C/CC/C=C/C=C/C(C)[C@@H](O)C(C)C(C)OC(=O)CC(O)CC(O)CC(O)CCC(O)C(O)C[C@]3(O)CC(O)C(C)C(C2)O3)C(O)C(N)C1O. The van der Waals surface area contributed by atoms with Gasteiger partial charge in [0.1, 0.15) is 12.2 Å². The first-order valence-corrected chi connectivity index (χ1v) is 22.5. The van der Waals surface area contributed by atoms with Gasteiger partial charge in [-0.05, 0) is 52.4 Å². The fraction of sp³-hybridized carbons (Fsp3) is 0.723. The molecule has 63 heavy (non-hydrogen) atoms. The molecular weight excluding hydrogens is 819 g/mol. The molecule has 0 aromatic carbocycles. The second-order valence-electron chi connectivity index (χ2n) is 17.8. The lowest BCUT2D eigenvalue weighted by atomic mass is 9.83. The molecule has 2 fully saturated rings. The summed E-state index contributed by atoms with van der Waals surface area (Å²) >= 11 is 0. The smallest absolute Gasteiger partial charge is 0.308 e. The summed E-state index contributed by atoms with van der Waals surface area (Å²) < 4.78 is 23.6. The van der Waals surface area contributed by atoms with E-state index < -0.39 is 128 Å². The van der Waals surface area contributed by atoms with Crippen molar-refractivity contribution in [3.63, 3.8) is 0 Å². The van der Waals surface area contributed by atoms with Crippen LogP contribution in [0.2, 0.25) is 0 Å². The minimum atomic E-state index is -2.08. The maximum Gasteiger partial charge on any atom is 0.308 e. The molecule has 16 nitrogen and oxygen atoms in total. The van der Waals surface area contributed by atoms with E-state index in [9.17, 15) is 55.9 Å². The first kappa shape index (κ1) is 54.7. The zero-order valence-corrected chi connectivity index (χ0v) is 37.5. The van der Waals surface area contributed by atoms with Crippen LogP contribution in [0.5, 0.6) is 0 Å². The van der Waals surface area contributed by atoms with Gasteiger partial charge in [0.05, 0.1) is 79.6 Å². The molecule has 3 aliphatic rings. The van der Waals surface area contributed by atoms with Crippen LogP contribution in [0.15, 0.2) is 72.9 Å². The maximum absolute atomic E-state index is 12.6. The standard InChI is InChI=1S/C47H77NO15/c1-28-18-16-14-12-10-8-6-7-9-11-13-15-17-19-36(62-46-45(58)42(48)44(57)32(5)61-46)25-40-30(3)38(53)26-47(59,63-40)27-39(54)37(52)21-20-33(49)22-34(50)23-35(51)24-41(55)60-31(4)29(2)43(28)56/h6-7,9,11-19,28-40,42-46,49-54,56-59H,8,10,20-27,48H2,1-5H3/b7-6+,11-9+,14-12+,15-13+,18-16+,19-17+/t28?,29?,30?,31?,32?,33?,34?,35?,36?,37?,38?,39?,40?,42?,43-,44?,45?,46?,47+/m1/s1. The number of esters is 1. The number of hydrogen-bond acceptors (Lipinski definition) is 16. The molecule has 17 unspecified atom stereocenters. The van der Waals surface area contributed by atoms with E-state index in [0.29, 0.717) is 0 Å². The number of aliphatic hydroxyl groups is 10. The van der Waals surface area contributed by atoms with Gasteiger partial charge in [-0.2, -0.15) is 0 Å². The molecule has 0 spiro atoms. The summed E-state index contributed by atoms with van der Waals surface area (Å²) in [6.07, 6.45) is 6.88. The Balaban J connectivity index is 1.79. The van der Waals surface area contributed by atoms with Gasteiger partial charge in [0, 0.05) is 37.0 Å². The third-order valence-corrected chi connectivity index (χ3v) is 12.3. The predicted octanol–water partition coefficient (Wildman–Crippen LogP) is 1.87. The molecule has 360 valence electrons. The van der Waals surface area contributed by atoms with Crippen LogP contribution in [0.1, 0.15) is 98.8 Å². The number of nitrogens with two attached hydrogens (primary N) is 1. The highest BCUT2D eigenvalue weighted by atomic mass is 16.7. The van der Waals surface area contributed by atoms with Gasteiger partial charge in [-0.1, -0.05) is 93.7 Å². The Hall–Kier alpha value is -2.65. The summed E-state index contributed by atoms with van der Waals surface area (Å²) in [7, 11) is 0. The number of carbonyl (C=O) groups is 1. The van der Waals surface area contributed by atoms with Crippen LogP contribution < -0.4 is 5.73 Å². The molecule has 16 heteroatoms. The second kappa shape index (κ2) is 27.1. The van der Waals surface area contributed by atoms with Crippen molar-refractivity contribution < 1.29 is 74.8 Å². The largest absolute Gasteiger partial charge is 0.462 e. The number of aliphatic hydroxyl groups excluding tert-OH is 9. The quantitative estimate of drug-likeness (QED) is 0.177. The zero-order chi connectivity index (χ0) is 46.9. The molecule has 12 N–H and O–H groups in total. The maximum atomic E-state index is 12.6. The van der Waals surface area contributed by atoms with Crippen LogP contribution in [0.4, 0.5) is 0 Å². The van der Waals surface area contributed by atoms with Gasteiger partial charge < -0.3 is 75.7 Å². The number of cyclic esters (lactones) is 1. The zero-order valence-electron chi connectivity index (χ0n) is 37.5. The first-order valence-electron chi connectivity index (χ1n) is 22.5. The lowest BCUT2D eigenvalue weighted by molar-refractivity contribution is -0.310. The van der Waals surface area contributed by atoms with E-state index >= 15 is 0 Å². The molecule has 3 aliphatic heterocycles. The molecule has 19 atom stereocenters. The molecule has 2 bridgehead atoms. The molecule has 3 rings (SSSR count). The first-order chi connectivity index (χ1) is 29.7. The lowest BCUT2D eigenvalue weighted by Crippen LogP contribution is -2.61. The second-order valence-corrected chi connectivity index (χ2v) is 17.8. The predicted molar refractivity (Wildman–Crippen MR) is 235 cm³/mol. The van der Waals surface area contributed by atoms with Crippen LogP contribution >= 0.6 is 0 Å². The Morgan fingerprint density at radius 1 is 0.635 bits per heavy atom. The molecule has 3 heterocycles. The minimum Gasteiger partial charge on any atom is -0.462 e. The molecule has 0 saturated carbocycles. The van der Waals surface area contributed by atoms with Crippen molar-refractivity contribution in [1.82, 2.24) is 0 Å². The molecule has 0 amide bonds.